The number of hydrogen-bond acceptors (Lipinski definition) is 3. The fourth-order valence-corrected chi connectivity index (χ4v) is 3.23. The van der Waals surface area contributed by atoms with Crippen molar-refractivity contribution in [3.05, 3.63) is 47.9 Å². The molecule has 0 N–H and O–H groups in total. The molecule has 0 saturated heterocycles. The van der Waals surface area contributed by atoms with Gasteiger partial charge in [-0.3, -0.25) is 0 Å². The van der Waals surface area contributed by atoms with Crippen LogP contribution in [0, 0.1) is 19.8 Å². The highest BCUT2D eigenvalue weighted by Gasteiger charge is 2.18. The Labute approximate surface area is 141 Å². The third-order valence-corrected chi connectivity index (χ3v) is 4.53. The molecule has 24 heavy (non-hydrogen) atoms. The summed E-state index contributed by atoms with van der Waals surface area (Å²) < 4.78 is 4.09. The summed E-state index contributed by atoms with van der Waals surface area (Å²) in [5.41, 5.74) is 5.38. The minimum absolute atomic E-state index is 0.564. The minimum Gasteiger partial charge on any atom is -0.329 e. The molecule has 0 radical (unpaired) electrons. The van der Waals surface area contributed by atoms with Crippen LogP contribution in [-0.2, 0) is 6.54 Å². The molecule has 0 unspecified atom stereocenters. The van der Waals surface area contributed by atoms with E-state index in [-0.39, 0.29) is 0 Å². The van der Waals surface area contributed by atoms with Crippen molar-refractivity contribution < 1.29 is 0 Å². The molecular formula is C19H21N5. The fraction of sp³-hybridized carbons (Fsp3) is 0.316. The Balaban J connectivity index is 1.99. The smallest absolute Gasteiger partial charge is 0.182 e. The Morgan fingerprint density at radius 1 is 1.04 bits per heavy atom. The van der Waals surface area contributed by atoms with E-state index in [0.717, 1.165) is 34.6 Å². The second kappa shape index (κ2) is 5.44. The van der Waals surface area contributed by atoms with E-state index in [0.29, 0.717) is 5.92 Å². The first kappa shape index (κ1) is 14.9. The number of benzene rings is 1. The SMILES string of the molecule is Cc1c(C)n(CC(C)C)c2ncn3nc(-c4ccccc4)nc3c12. The van der Waals surface area contributed by atoms with Gasteiger partial charge in [-0.1, -0.05) is 44.2 Å². The van der Waals surface area contributed by atoms with Crippen LogP contribution in [0.1, 0.15) is 25.1 Å². The van der Waals surface area contributed by atoms with Gasteiger partial charge in [0.2, 0.25) is 0 Å². The van der Waals surface area contributed by atoms with Gasteiger partial charge in [0.1, 0.15) is 12.0 Å². The van der Waals surface area contributed by atoms with Gasteiger partial charge >= 0.3 is 0 Å². The maximum absolute atomic E-state index is 4.80. The van der Waals surface area contributed by atoms with E-state index in [1.54, 1.807) is 10.8 Å². The molecule has 0 saturated carbocycles. The van der Waals surface area contributed by atoms with E-state index >= 15 is 0 Å². The molecule has 0 amide bonds. The molecule has 0 atom stereocenters. The van der Waals surface area contributed by atoms with E-state index < -0.39 is 0 Å². The van der Waals surface area contributed by atoms with Crippen LogP contribution in [0.4, 0.5) is 0 Å². The van der Waals surface area contributed by atoms with Gasteiger partial charge < -0.3 is 4.57 Å². The molecule has 3 heterocycles. The van der Waals surface area contributed by atoms with Crippen LogP contribution in [0.2, 0.25) is 0 Å². The Bertz CT molecular complexity index is 1020. The highest BCUT2D eigenvalue weighted by atomic mass is 15.3. The molecule has 1 aromatic carbocycles. The molecule has 0 aliphatic heterocycles. The molecule has 122 valence electrons. The molecular weight excluding hydrogens is 298 g/mol. The minimum atomic E-state index is 0.564. The molecule has 5 nitrogen and oxygen atoms in total. The van der Waals surface area contributed by atoms with Crippen LogP contribution >= 0.6 is 0 Å². The van der Waals surface area contributed by atoms with Crippen molar-refractivity contribution in [2.75, 3.05) is 0 Å². The van der Waals surface area contributed by atoms with Crippen LogP contribution in [0.3, 0.4) is 0 Å². The summed E-state index contributed by atoms with van der Waals surface area (Å²) in [5.74, 6) is 1.30. The first-order valence-electron chi connectivity index (χ1n) is 8.32. The number of nitrogens with zero attached hydrogens (tertiary/aromatic N) is 5. The van der Waals surface area contributed by atoms with E-state index in [9.17, 15) is 0 Å². The second-order valence-electron chi connectivity index (χ2n) is 6.73. The highest BCUT2D eigenvalue weighted by molar-refractivity contribution is 5.94. The zero-order chi connectivity index (χ0) is 16.8. The van der Waals surface area contributed by atoms with Crippen molar-refractivity contribution in [1.29, 1.82) is 0 Å². The lowest BCUT2D eigenvalue weighted by molar-refractivity contribution is 0.524. The third-order valence-electron chi connectivity index (χ3n) is 4.53. The highest BCUT2D eigenvalue weighted by Crippen LogP contribution is 2.28. The summed E-state index contributed by atoms with van der Waals surface area (Å²) in [4.78, 5) is 9.48. The maximum Gasteiger partial charge on any atom is 0.182 e. The molecule has 3 aromatic heterocycles. The van der Waals surface area contributed by atoms with Gasteiger partial charge in [-0.2, -0.15) is 0 Å². The average Bonchev–Trinajstić information content (AvgIpc) is 3.11. The first-order chi connectivity index (χ1) is 11.6. The van der Waals surface area contributed by atoms with Crippen molar-refractivity contribution in [2.45, 2.75) is 34.2 Å². The molecule has 0 aliphatic carbocycles. The monoisotopic (exact) mass is 319 g/mol. The summed E-state index contributed by atoms with van der Waals surface area (Å²) >= 11 is 0. The van der Waals surface area contributed by atoms with Gasteiger partial charge in [0.05, 0.1) is 5.39 Å². The van der Waals surface area contributed by atoms with Gasteiger partial charge in [0, 0.05) is 17.8 Å². The van der Waals surface area contributed by atoms with Gasteiger partial charge in [-0.15, -0.1) is 5.10 Å². The average molecular weight is 319 g/mol. The van der Waals surface area contributed by atoms with Crippen LogP contribution in [0.15, 0.2) is 36.7 Å². The van der Waals surface area contributed by atoms with Crippen LogP contribution in [-0.4, -0.2) is 24.1 Å². The fourth-order valence-electron chi connectivity index (χ4n) is 3.23. The summed E-state index contributed by atoms with van der Waals surface area (Å²) in [7, 11) is 0. The molecule has 0 bridgehead atoms. The van der Waals surface area contributed by atoms with Crippen molar-refractivity contribution in [3.8, 4) is 11.4 Å². The van der Waals surface area contributed by atoms with Gasteiger partial charge in [-0.05, 0) is 25.3 Å². The topological polar surface area (TPSA) is 48.0 Å². The molecule has 0 aliphatic rings. The Morgan fingerprint density at radius 2 is 1.79 bits per heavy atom. The first-order valence-corrected chi connectivity index (χ1v) is 8.32. The molecule has 5 heteroatoms. The van der Waals surface area contributed by atoms with Crippen LogP contribution < -0.4 is 0 Å². The van der Waals surface area contributed by atoms with E-state index in [4.69, 9.17) is 4.98 Å². The number of hydrogen-bond donors (Lipinski definition) is 0. The van der Waals surface area contributed by atoms with Crippen molar-refractivity contribution >= 4 is 16.7 Å². The number of aryl methyl sites for hydroxylation is 1. The normalized spacial score (nSPS) is 11.9. The standard InChI is InChI=1S/C19H21N5/c1-12(2)10-23-14(4)13(3)16-18(23)20-11-24-19(16)21-17(22-24)15-8-6-5-7-9-15/h5-9,11-12H,10H2,1-4H3. The van der Waals surface area contributed by atoms with Crippen molar-refractivity contribution in [1.82, 2.24) is 24.1 Å². The van der Waals surface area contributed by atoms with E-state index in [2.05, 4.69) is 42.3 Å². The molecule has 0 spiro atoms. The number of aromatic nitrogens is 5. The third kappa shape index (κ3) is 2.19. The predicted molar refractivity (Wildman–Crippen MR) is 96.0 cm³/mol. The van der Waals surface area contributed by atoms with Crippen LogP contribution in [0.25, 0.3) is 28.1 Å². The molecule has 4 aromatic rings. The van der Waals surface area contributed by atoms with E-state index in [1.165, 1.54) is 11.3 Å². The maximum atomic E-state index is 4.80. The molecule has 4 rings (SSSR count). The number of rotatable bonds is 3. The lowest BCUT2D eigenvalue weighted by Gasteiger charge is -2.10. The zero-order valence-electron chi connectivity index (χ0n) is 14.5. The van der Waals surface area contributed by atoms with Gasteiger partial charge in [0.25, 0.3) is 0 Å². The summed E-state index contributed by atoms with van der Waals surface area (Å²) in [6, 6.07) is 10.1. The number of fused-ring (bicyclic) bond motifs is 3. The van der Waals surface area contributed by atoms with Crippen molar-refractivity contribution in [3.63, 3.8) is 0 Å². The van der Waals surface area contributed by atoms with Crippen molar-refractivity contribution in [2.24, 2.45) is 5.92 Å². The summed E-state index contributed by atoms with van der Waals surface area (Å²) in [6.45, 7) is 9.71. The second-order valence-corrected chi connectivity index (χ2v) is 6.73. The zero-order valence-corrected chi connectivity index (χ0v) is 14.5. The van der Waals surface area contributed by atoms with Crippen LogP contribution in [0.5, 0.6) is 0 Å². The molecule has 0 fully saturated rings. The van der Waals surface area contributed by atoms with Gasteiger partial charge in [0.15, 0.2) is 11.5 Å². The van der Waals surface area contributed by atoms with E-state index in [1.807, 2.05) is 30.3 Å². The lowest BCUT2D eigenvalue weighted by atomic mass is 10.2. The Morgan fingerprint density at radius 3 is 2.50 bits per heavy atom. The Hall–Kier alpha value is -2.69. The largest absolute Gasteiger partial charge is 0.329 e. The predicted octanol–water partition coefficient (Wildman–Crippen LogP) is 4.02. The quantitative estimate of drug-likeness (QED) is 0.573. The van der Waals surface area contributed by atoms with Gasteiger partial charge in [-0.25, -0.2) is 14.5 Å². The summed E-state index contributed by atoms with van der Waals surface area (Å²) in [5, 5.41) is 5.71. The Kier molecular flexibility index (Phi) is 3.37. The lowest BCUT2D eigenvalue weighted by Crippen LogP contribution is -2.07. The summed E-state index contributed by atoms with van der Waals surface area (Å²) in [6.07, 6.45) is 1.77.